The third kappa shape index (κ3) is 5.30. The van der Waals surface area contributed by atoms with Gasteiger partial charge in [-0.15, -0.1) is 0 Å². The molecule has 0 fully saturated rings. The summed E-state index contributed by atoms with van der Waals surface area (Å²) in [5.41, 5.74) is 1.34. The van der Waals surface area contributed by atoms with E-state index in [2.05, 4.69) is 10.0 Å². The van der Waals surface area contributed by atoms with Gasteiger partial charge in [-0.1, -0.05) is 24.3 Å². The molecule has 3 aromatic rings. The van der Waals surface area contributed by atoms with Crippen LogP contribution in [0.3, 0.4) is 0 Å². The van der Waals surface area contributed by atoms with Crippen LogP contribution in [0, 0.1) is 0 Å². The summed E-state index contributed by atoms with van der Waals surface area (Å²) in [5.74, 6) is 1.06. The van der Waals surface area contributed by atoms with E-state index in [0.717, 1.165) is 5.56 Å². The molecule has 0 bridgehead atoms. The van der Waals surface area contributed by atoms with E-state index in [-0.39, 0.29) is 23.0 Å². The van der Waals surface area contributed by atoms with Crippen molar-refractivity contribution in [2.24, 2.45) is 0 Å². The standard InChI is InChI=1S/C23H24N2O6S/c1-29-20-12-16(13-21(30-2)22(20)31-3)15-24-23(26)17-8-7-9-18(14-17)25-32(27,28)19-10-5-4-6-11-19/h4-14,25H,15H2,1-3H3,(H,24,26). The summed E-state index contributed by atoms with van der Waals surface area (Å²) < 4.78 is 43.5. The lowest BCUT2D eigenvalue weighted by atomic mass is 10.1. The van der Waals surface area contributed by atoms with Gasteiger partial charge in [0.25, 0.3) is 15.9 Å². The number of anilines is 1. The quantitative estimate of drug-likeness (QED) is 0.511. The number of carbonyl (C=O) groups excluding carboxylic acids is 1. The molecule has 9 heteroatoms. The highest BCUT2D eigenvalue weighted by molar-refractivity contribution is 7.92. The second kappa shape index (κ2) is 10.1. The summed E-state index contributed by atoms with van der Waals surface area (Å²) in [7, 11) is 0.791. The molecule has 3 rings (SSSR count). The first kappa shape index (κ1) is 23.0. The molecule has 168 valence electrons. The van der Waals surface area contributed by atoms with E-state index >= 15 is 0 Å². The summed E-state index contributed by atoms with van der Waals surface area (Å²) in [6.45, 7) is 0.204. The lowest BCUT2D eigenvalue weighted by molar-refractivity contribution is 0.0951. The Bertz CT molecular complexity index is 1170. The molecule has 0 heterocycles. The first-order valence-electron chi connectivity index (χ1n) is 9.63. The van der Waals surface area contributed by atoms with Gasteiger partial charge < -0.3 is 19.5 Å². The topological polar surface area (TPSA) is 103 Å². The molecule has 0 spiro atoms. The fourth-order valence-electron chi connectivity index (χ4n) is 3.06. The van der Waals surface area contributed by atoms with Crippen molar-refractivity contribution in [3.8, 4) is 17.2 Å². The lowest BCUT2D eigenvalue weighted by Gasteiger charge is -2.14. The van der Waals surface area contributed by atoms with Gasteiger partial charge in [-0.05, 0) is 48.0 Å². The fraction of sp³-hybridized carbons (Fsp3) is 0.174. The van der Waals surface area contributed by atoms with Crippen molar-refractivity contribution in [2.75, 3.05) is 26.1 Å². The van der Waals surface area contributed by atoms with E-state index < -0.39 is 10.0 Å². The molecule has 0 aliphatic heterocycles. The van der Waals surface area contributed by atoms with E-state index in [0.29, 0.717) is 22.8 Å². The normalized spacial score (nSPS) is 10.8. The summed E-state index contributed by atoms with van der Waals surface area (Å²) in [6.07, 6.45) is 0. The predicted octanol–water partition coefficient (Wildman–Crippen LogP) is 3.44. The Balaban J connectivity index is 1.73. The van der Waals surface area contributed by atoms with Crippen molar-refractivity contribution >= 4 is 21.6 Å². The van der Waals surface area contributed by atoms with E-state index in [4.69, 9.17) is 14.2 Å². The van der Waals surface area contributed by atoms with Crippen LogP contribution in [-0.4, -0.2) is 35.7 Å². The van der Waals surface area contributed by atoms with Crippen LogP contribution in [-0.2, 0) is 16.6 Å². The van der Waals surface area contributed by atoms with Crippen LogP contribution in [0.15, 0.2) is 71.6 Å². The number of methoxy groups -OCH3 is 3. The first-order chi connectivity index (χ1) is 15.4. The van der Waals surface area contributed by atoms with Crippen molar-refractivity contribution in [1.82, 2.24) is 5.32 Å². The zero-order chi connectivity index (χ0) is 23.1. The number of ether oxygens (including phenoxy) is 3. The minimum Gasteiger partial charge on any atom is -0.493 e. The minimum atomic E-state index is -3.75. The smallest absolute Gasteiger partial charge is 0.261 e. The number of sulfonamides is 1. The number of amides is 1. The number of nitrogens with one attached hydrogen (secondary N) is 2. The second-order valence-electron chi connectivity index (χ2n) is 6.72. The Morgan fingerprint density at radius 3 is 2.09 bits per heavy atom. The van der Waals surface area contributed by atoms with Gasteiger partial charge in [-0.3, -0.25) is 9.52 Å². The number of hydrogen-bond donors (Lipinski definition) is 2. The zero-order valence-electron chi connectivity index (χ0n) is 17.9. The van der Waals surface area contributed by atoms with Crippen molar-refractivity contribution in [3.05, 3.63) is 77.9 Å². The van der Waals surface area contributed by atoms with Crippen LogP contribution in [0.25, 0.3) is 0 Å². The van der Waals surface area contributed by atoms with E-state index in [1.54, 1.807) is 48.5 Å². The summed E-state index contributed by atoms with van der Waals surface area (Å²) in [6, 6.07) is 17.8. The summed E-state index contributed by atoms with van der Waals surface area (Å²) >= 11 is 0. The third-order valence-electron chi connectivity index (χ3n) is 4.61. The Hall–Kier alpha value is -3.72. The molecule has 32 heavy (non-hydrogen) atoms. The number of hydrogen-bond acceptors (Lipinski definition) is 6. The number of benzene rings is 3. The molecule has 2 N–H and O–H groups in total. The molecule has 0 unspecified atom stereocenters. The Morgan fingerprint density at radius 1 is 0.844 bits per heavy atom. The molecular weight excluding hydrogens is 432 g/mol. The van der Waals surface area contributed by atoms with Crippen molar-refractivity contribution < 1.29 is 27.4 Å². The fourth-order valence-corrected chi connectivity index (χ4v) is 4.13. The van der Waals surface area contributed by atoms with Crippen molar-refractivity contribution in [3.63, 3.8) is 0 Å². The van der Waals surface area contributed by atoms with Crippen LogP contribution >= 0.6 is 0 Å². The molecule has 1 amide bonds. The Kier molecular flexibility index (Phi) is 7.21. The average molecular weight is 457 g/mol. The van der Waals surface area contributed by atoms with Crippen molar-refractivity contribution in [1.29, 1.82) is 0 Å². The van der Waals surface area contributed by atoms with Crippen LogP contribution in [0.4, 0.5) is 5.69 Å². The maximum Gasteiger partial charge on any atom is 0.261 e. The molecule has 0 atom stereocenters. The van der Waals surface area contributed by atoms with E-state index in [1.165, 1.54) is 39.5 Å². The third-order valence-corrected chi connectivity index (χ3v) is 6.01. The predicted molar refractivity (Wildman–Crippen MR) is 121 cm³/mol. The molecule has 0 aliphatic carbocycles. The summed E-state index contributed by atoms with van der Waals surface area (Å²) in [4.78, 5) is 12.8. The molecule has 8 nitrogen and oxygen atoms in total. The van der Waals surface area contributed by atoms with Gasteiger partial charge in [0, 0.05) is 17.8 Å². The maximum absolute atomic E-state index is 12.7. The van der Waals surface area contributed by atoms with Crippen LogP contribution in [0.1, 0.15) is 15.9 Å². The number of rotatable bonds is 9. The average Bonchev–Trinajstić information content (AvgIpc) is 2.82. The van der Waals surface area contributed by atoms with Crippen molar-refractivity contribution in [2.45, 2.75) is 11.4 Å². The summed E-state index contributed by atoms with van der Waals surface area (Å²) in [5, 5.41) is 2.81. The van der Waals surface area contributed by atoms with Gasteiger partial charge in [0.15, 0.2) is 11.5 Å². The second-order valence-corrected chi connectivity index (χ2v) is 8.40. The first-order valence-corrected chi connectivity index (χ1v) is 11.1. The minimum absolute atomic E-state index is 0.136. The van der Waals surface area contributed by atoms with E-state index in [9.17, 15) is 13.2 Å². The molecule has 0 saturated heterocycles. The van der Waals surface area contributed by atoms with Gasteiger partial charge in [0.2, 0.25) is 5.75 Å². The van der Waals surface area contributed by atoms with Gasteiger partial charge in [-0.2, -0.15) is 0 Å². The monoisotopic (exact) mass is 456 g/mol. The van der Waals surface area contributed by atoms with Gasteiger partial charge in [0.05, 0.1) is 26.2 Å². The molecule has 0 aliphatic rings. The van der Waals surface area contributed by atoms with Crippen LogP contribution in [0.2, 0.25) is 0 Å². The molecule has 0 radical (unpaired) electrons. The Morgan fingerprint density at radius 2 is 1.50 bits per heavy atom. The van der Waals surface area contributed by atoms with Gasteiger partial charge >= 0.3 is 0 Å². The maximum atomic E-state index is 12.7. The molecule has 3 aromatic carbocycles. The highest BCUT2D eigenvalue weighted by Gasteiger charge is 2.16. The van der Waals surface area contributed by atoms with E-state index in [1.807, 2.05) is 0 Å². The van der Waals surface area contributed by atoms with Crippen LogP contribution in [0.5, 0.6) is 17.2 Å². The SMILES string of the molecule is COc1cc(CNC(=O)c2cccc(NS(=O)(=O)c3ccccc3)c2)cc(OC)c1OC. The lowest BCUT2D eigenvalue weighted by Crippen LogP contribution is -2.23. The highest BCUT2D eigenvalue weighted by Crippen LogP contribution is 2.38. The highest BCUT2D eigenvalue weighted by atomic mass is 32.2. The largest absolute Gasteiger partial charge is 0.493 e. The zero-order valence-corrected chi connectivity index (χ0v) is 18.7. The van der Waals surface area contributed by atoms with Gasteiger partial charge in [0.1, 0.15) is 0 Å². The Labute approximate surface area is 187 Å². The molecule has 0 aromatic heterocycles. The molecular formula is C23H24N2O6S. The van der Waals surface area contributed by atoms with Crippen LogP contribution < -0.4 is 24.2 Å². The molecule has 0 saturated carbocycles. The van der Waals surface area contributed by atoms with Gasteiger partial charge in [-0.25, -0.2) is 8.42 Å². The number of carbonyl (C=O) groups is 1.